The molecule has 1 atom stereocenters. The maximum Gasteiger partial charge on any atom is 0.123 e. The summed E-state index contributed by atoms with van der Waals surface area (Å²) in [5.74, 6) is 0.150. The number of aliphatic hydroxyl groups excluding tert-OH is 1. The predicted octanol–water partition coefficient (Wildman–Crippen LogP) is 3.09. The SMILES string of the molecule is CC(CO)CCCNCc1cc(F)ccc1Br. The molecule has 0 aromatic heterocycles. The first kappa shape index (κ1) is 14.6. The van der Waals surface area contributed by atoms with Crippen molar-refractivity contribution in [2.45, 2.75) is 26.3 Å². The van der Waals surface area contributed by atoms with E-state index in [0.29, 0.717) is 12.5 Å². The van der Waals surface area contributed by atoms with Gasteiger partial charge in [0.2, 0.25) is 0 Å². The summed E-state index contributed by atoms with van der Waals surface area (Å²) in [6, 6.07) is 4.70. The first-order valence-electron chi connectivity index (χ1n) is 5.89. The highest BCUT2D eigenvalue weighted by Gasteiger charge is 2.02. The van der Waals surface area contributed by atoms with Gasteiger partial charge in [0.1, 0.15) is 5.82 Å². The molecule has 0 saturated heterocycles. The monoisotopic (exact) mass is 303 g/mol. The number of rotatable bonds is 7. The second-order valence-corrected chi connectivity index (χ2v) is 5.20. The molecule has 0 spiro atoms. The summed E-state index contributed by atoms with van der Waals surface area (Å²) < 4.78 is 13.9. The summed E-state index contributed by atoms with van der Waals surface area (Å²) in [6.45, 7) is 3.82. The van der Waals surface area contributed by atoms with Crippen molar-refractivity contribution < 1.29 is 9.50 Å². The van der Waals surface area contributed by atoms with Gasteiger partial charge in [-0.25, -0.2) is 4.39 Å². The molecular formula is C13H19BrFNO. The van der Waals surface area contributed by atoms with Gasteiger partial charge in [-0.2, -0.15) is 0 Å². The quantitative estimate of drug-likeness (QED) is 0.759. The van der Waals surface area contributed by atoms with Crippen LogP contribution in [-0.2, 0) is 6.54 Å². The number of hydrogen-bond donors (Lipinski definition) is 2. The molecule has 0 heterocycles. The van der Waals surface area contributed by atoms with Crippen LogP contribution in [0.5, 0.6) is 0 Å². The van der Waals surface area contributed by atoms with Gasteiger partial charge in [0.25, 0.3) is 0 Å². The summed E-state index contributed by atoms with van der Waals surface area (Å²) >= 11 is 3.39. The number of benzene rings is 1. The van der Waals surface area contributed by atoms with Crippen LogP contribution < -0.4 is 5.32 Å². The van der Waals surface area contributed by atoms with Crippen LogP contribution in [-0.4, -0.2) is 18.3 Å². The van der Waals surface area contributed by atoms with Crippen molar-refractivity contribution >= 4 is 15.9 Å². The van der Waals surface area contributed by atoms with Crippen LogP contribution in [0, 0.1) is 11.7 Å². The molecule has 0 fully saturated rings. The van der Waals surface area contributed by atoms with Crippen molar-refractivity contribution in [2.24, 2.45) is 5.92 Å². The number of hydrogen-bond acceptors (Lipinski definition) is 2. The molecule has 0 radical (unpaired) electrons. The van der Waals surface area contributed by atoms with Crippen LogP contribution in [0.25, 0.3) is 0 Å². The second-order valence-electron chi connectivity index (χ2n) is 4.34. The predicted molar refractivity (Wildman–Crippen MR) is 71.3 cm³/mol. The third kappa shape index (κ3) is 5.61. The van der Waals surface area contributed by atoms with E-state index < -0.39 is 0 Å². The Morgan fingerprint density at radius 3 is 2.94 bits per heavy atom. The molecule has 17 heavy (non-hydrogen) atoms. The minimum Gasteiger partial charge on any atom is -0.396 e. The molecular weight excluding hydrogens is 285 g/mol. The Kier molecular flexibility index (Phi) is 6.70. The highest BCUT2D eigenvalue weighted by atomic mass is 79.9. The zero-order chi connectivity index (χ0) is 12.7. The normalized spacial score (nSPS) is 12.7. The van der Waals surface area contributed by atoms with Crippen LogP contribution in [0.4, 0.5) is 4.39 Å². The molecule has 0 aliphatic carbocycles. The van der Waals surface area contributed by atoms with E-state index in [0.717, 1.165) is 29.4 Å². The maximum atomic E-state index is 13.0. The van der Waals surface area contributed by atoms with E-state index >= 15 is 0 Å². The first-order valence-corrected chi connectivity index (χ1v) is 6.68. The fraction of sp³-hybridized carbons (Fsp3) is 0.538. The minimum absolute atomic E-state index is 0.209. The van der Waals surface area contributed by atoms with E-state index in [-0.39, 0.29) is 12.4 Å². The second kappa shape index (κ2) is 7.80. The Balaban J connectivity index is 2.24. The zero-order valence-corrected chi connectivity index (χ0v) is 11.6. The van der Waals surface area contributed by atoms with Gasteiger partial charge in [0.15, 0.2) is 0 Å². The zero-order valence-electron chi connectivity index (χ0n) is 10.0. The standard InChI is InChI=1S/C13H19BrFNO/c1-10(9-17)3-2-6-16-8-11-7-12(15)4-5-13(11)14/h4-5,7,10,16-17H,2-3,6,8-9H2,1H3. The molecule has 4 heteroatoms. The molecule has 0 bridgehead atoms. The summed E-state index contributed by atoms with van der Waals surface area (Å²) in [6.07, 6.45) is 2.03. The van der Waals surface area contributed by atoms with Crippen molar-refractivity contribution in [1.82, 2.24) is 5.32 Å². The van der Waals surface area contributed by atoms with E-state index in [1.165, 1.54) is 12.1 Å². The molecule has 0 aliphatic heterocycles. The summed E-state index contributed by atoms with van der Waals surface area (Å²) in [4.78, 5) is 0. The number of halogens is 2. The lowest BCUT2D eigenvalue weighted by molar-refractivity contribution is 0.228. The molecule has 0 aliphatic rings. The molecule has 1 unspecified atom stereocenters. The van der Waals surface area contributed by atoms with Gasteiger partial charge in [0, 0.05) is 17.6 Å². The molecule has 1 rings (SSSR count). The van der Waals surface area contributed by atoms with Gasteiger partial charge in [-0.1, -0.05) is 22.9 Å². The molecule has 1 aromatic rings. The van der Waals surface area contributed by atoms with Crippen molar-refractivity contribution in [3.05, 3.63) is 34.1 Å². The lowest BCUT2D eigenvalue weighted by Gasteiger charge is -2.09. The average molecular weight is 304 g/mol. The van der Waals surface area contributed by atoms with Gasteiger partial charge >= 0.3 is 0 Å². The topological polar surface area (TPSA) is 32.3 Å². The van der Waals surface area contributed by atoms with Gasteiger partial charge in [0.05, 0.1) is 0 Å². The fourth-order valence-corrected chi connectivity index (χ4v) is 1.96. The van der Waals surface area contributed by atoms with Crippen LogP contribution >= 0.6 is 15.9 Å². The van der Waals surface area contributed by atoms with E-state index in [1.54, 1.807) is 6.07 Å². The van der Waals surface area contributed by atoms with Crippen molar-refractivity contribution in [3.8, 4) is 0 Å². The number of nitrogens with one attached hydrogen (secondary N) is 1. The Morgan fingerprint density at radius 2 is 2.24 bits per heavy atom. The smallest absolute Gasteiger partial charge is 0.123 e. The summed E-state index contributed by atoms with van der Waals surface area (Å²) in [5.41, 5.74) is 0.931. The third-order valence-corrected chi connectivity index (χ3v) is 3.46. The first-order chi connectivity index (χ1) is 8.13. The van der Waals surface area contributed by atoms with Crippen LogP contribution in [0.1, 0.15) is 25.3 Å². The Hall–Kier alpha value is -0.450. The average Bonchev–Trinajstić information content (AvgIpc) is 2.32. The van der Waals surface area contributed by atoms with Gasteiger partial charge in [-0.15, -0.1) is 0 Å². The summed E-state index contributed by atoms with van der Waals surface area (Å²) in [7, 11) is 0. The third-order valence-electron chi connectivity index (χ3n) is 2.69. The van der Waals surface area contributed by atoms with Crippen molar-refractivity contribution in [2.75, 3.05) is 13.2 Å². The highest BCUT2D eigenvalue weighted by molar-refractivity contribution is 9.10. The van der Waals surface area contributed by atoms with Crippen LogP contribution in [0.3, 0.4) is 0 Å². The molecule has 0 saturated carbocycles. The Labute approximate surface area is 110 Å². The largest absolute Gasteiger partial charge is 0.396 e. The molecule has 96 valence electrons. The van der Waals surface area contributed by atoms with Crippen molar-refractivity contribution in [1.29, 1.82) is 0 Å². The van der Waals surface area contributed by atoms with Gasteiger partial charge in [-0.3, -0.25) is 0 Å². The summed E-state index contributed by atoms with van der Waals surface area (Å²) in [5, 5.41) is 12.1. The van der Waals surface area contributed by atoms with Crippen LogP contribution in [0.2, 0.25) is 0 Å². The van der Waals surface area contributed by atoms with Crippen molar-refractivity contribution in [3.63, 3.8) is 0 Å². The van der Waals surface area contributed by atoms with E-state index in [4.69, 9.17) is 5.11 Å². The lowest BCUT2D eigenvalue weighted by Crippen LogP contribution is -2.16. The van der Waals surface area contributed by atoms with E-state index in [1.807, 2.05) is 6.92 Å². The molecule has 0 amide bonds. The Morgan fingerprint density at radius 1 is 1.47 bits per heavy atom. The molecule has 2 nitrogen and oxygen atoms in total. The fourth-order valence-electron chi connectivity index (χ4n) is 1.57. The lowest BCUT2D eigenvalue weighted by atomic mass is 10.1. The minimum atomic E-state index is -0.209. The van der Waals surface area contributed by atoms with E-state index in [9.17, 15) is 4.39 Å². The van der Waals surface area contributed by atoms with Gasteiger partial charge in [-0.05, 0) is 49.1 Å². The highest BCUT2D eigenvalue weighted by Crippen LogP contribution is 2.17. The number of aliphatic hydroxyl groups is 1. The Bertz CT molecular complexity index is 346. The van der Waals surface area contributed by atoms with Crippen LogP contribution in [0.15, 0.2) is 22.7 Å². The maximum absolute atomic E-state index is 13.0. The van der Waals surface area contributed by atoms with E-state index in [2.05, 4.69) is 21.2 Å². The van der Waals surface area contributed by atoms with Gasteiger partial charge < -0.3 is 10.4 Å². The molecule has 1 aromatic carbocycles. The molecule has 2 N–H and O–H groups in total.